The number of benzene rings is 3. The van der Waals surface area contributed by atoms with Gasteiger partial charge in [0.1, 0.15) is 5.75 Å². The lowest BCUT2D eigenvalue weighted by Crippen LogP contribution is -1.89. The van der Waals surface area contributed by atoms with E-state index in [0.29, 0.717) is 5.88 Å². The molecule has 0 amide bonds. The first-order chi connectivity index (χ1) is 15.3. The number of nitrogens with zero attached hydrogens (tertiary/aromatic N) is 2. The van der Waals surface area contributed by atoms with E-state index in [1.165, 1.54) is 11.1 Å². The standard InChI is InChI=1S/C28H20N2O/c1-2-7-21(8-3-1)22-12-14-23(15-13-22)25-16-17-27(30-20-25)24-9-6-10-26(19-24)31-28-11-4-5-18-29-28/h1-20H. The molecule has 0 aliphatic carbocycles. The molecule has 0 saturated carbocycles. The second-order valence-corrected chi connectivity index (χ2v) is 7.17. The van der Waals surface area contributed by atoms with E-state index in [2.05, 4.69) is 64.6 Å². The van der Waals surface area contributed by atoms with Crippen LogP contribution in [-0.2, 0) is 0 Å². The first-order valence-electron chi connectivity index (χ1n) is 10.2. The third-order valence-electron chi connectivity index (χ3n) is 5.08. The fourth-order valence-electron chi connectivity index (χ4n) is 3.47. The van der Waals surface area contributed by atoms with Crippen LogP contribution in [0.2, 0.25) is 0 Å². The number of rotatable bonds is 5. The van der Waals surface area contributed by atoms with E-state index < -0.39 is 0 Å². The Morgan fingerprint density at radius 2 is 1.16 bits per heavy atom. The van der Waals surface area contributed by atoms with Gasteiger partial charge in [-0.05, 0) is 41.0 Å². The van der Waals surface area contributed by atoms with Gasteiger partial charge in [-0.3, -0.25) is 4.98 Å². The first kappa shape index (κ1) is 18.8. The van der Waals surface area contributed by atoms with Crippen molar-refractivity contribution in [3.63, 3.8) is 0 Å². The van der Waals surface area contributed by atoms with Crippen molar-refractivity contribution in [1.29, 1.82) is 0 Å². The Morgan fingerprint density at radius 1 is 0.484 bits per heavy atom. The minimum absolute atomic E-state index is 0.571. The summed E-state index contributed by atoms with van der Waals surface area (Å²) in [6, 6.07) is 36.6. The fraction of sp³-hybridized carbons (Fsp3) is 0. The van der Waals surface area contributed by atoms with Crippen molar-refractivity contribution in [2.24, 2.45) is 0 Å². The average Bonchev–Trinajstić information content (AvgIpc) is 2.86. The molecule has 2 heterocycles. The average molecular weight is 400 g/mol. The predicted octanol–water partition coefficient (Wildman–Crippen LogP) is 7.27. The van der Waals surface area contributed by atoms with Crippen molar-refractivity contribution in [1.82, 2.24) is 9.97 Å². The van der Waals surface area contributed by atoms with Crippen molar-refractivity contribution in [3.8, 4) is 45.1 Å². The van der Waals surface area contributed by atoms with Crippen LogP contribution in [0.25, 0.3) is 33.5 Å². The highest BCUT2D eigenvalue weighted by molar-refractivity contribution is 5.71. The van der Waals surface area contributed by atoms with Gasteiger partial charge < -0.3 is 4.74 Å². The molecular weight excluding hydrogens is 380 g/mol. The molecule has 5 rings (SSSR count). The molecule has 3 nitrogen and oxygen atoms in total. The van der Waals surface area contributed by atoms with Gasteiger partial charge in [0, 0.05) is 29.6 Å². The SMILES string of the molecule is c1ccc(-c2ccc(-c3ccc(-c4cccc(Oc5ccccn5)c4)nc3)cc2)cc1. The van der Waals surface area contributed by atoms with Crippen LogP contribution < -0.4 is 4.74 Å². The third-order valence-corrected chi connectivity index (χ3v) is 5.08. The summed E-state index contributed by atoms with van der Waals surface area (Å²) in [5, 5.41) is 0. The van der Waals surface area contributed by atoms with E-state index >= 15 is 0 Å². The maximum absolute atomic E-state index is 5.84. The van der Waals surface area contributed by atoms with Crippen LogP contribution >= 0.6 is 0 Å². The van der Waals surface area contributed by atoms with Crippen LogP contribution in [0.4, 0.5) is 0 Å². The molecule has 0 saturated heterocycles. The first-order valence-corrected chi connectivity index (χ1v) is 10.2. The van der Waals surface area contributed by atoms with E-state index in [1.54, 1.807) is 6.20 Å². The van der Waals surface area contributed by atoms with Crippen molar-refractivity contribution < 1.29 is 4.74 Å². The smallest absolute Gasteiger partial charge is 0.219 e. The monoisotopic (exact) mass is 400 g/mol. The summed E-state index contributed by atoms with van der Waals surface area (Å²) in [6.07, 6.45) is 3.63. The zero-order valence-electron chi connectivity index (χ0n) is 16.8. The molecule has 0 aliphatic heterocycles. The van der Waals surface area contributed by atoms with Gasteiger partial charge >= 0.3 is 0 Å². The maximum atomic E-state index is 5.84. The summed E-state index contributed by atoms with van der Waals surface area (Å²) in [6.45, 7) is 0. The number of hydrogen-bond acceptors (Lipinski definition) is 3. The summed E-state index contributed by atoms with van der Waals surface area (Å²) < 4.78 is 5.84. The van der Waals surface area contributed by atoms with Crippen LogP contribution in [-0.4, -0.2) is 9.97 Å². The van der Waals surface area contributed by atoms with E-state index in [-0.39, 0.29) is 0 Å². The van der Waals surface area contributed by atoms with Gasteiger partial charge in [-0.25, -0.2) is 4.98 Å². The number of aromatic nitrogens is 2. The molecular formula is C28H20N2O. The second kappa shape index (κ2) is 8.64. The quantitative estimate of drug-likeness (QED) is 0.311. The Morgan fingerprint density at radius 3 is 1.87 bits per heavy atom. The number of hydrogen-bond donors (Lipinski definition) is 0. The van der Waals surface area contributed by atoms with Crippen molar-refractivity contribution >= 4 is 0 Å². The molecule has 3 aromatic carbocycles. The molecule has 0 radical (unpaired) electrons. The molecule has 0 bridgehead atoms. The topological polar surface area (TPSA) is 35.0 Å². The second-order valence-electron chi connectivity index (χ2n) is 7.17. The highest BCUT2D eigenvalue weighted by Crippen LogP contribution is 2.28. The largest absolute Gasteiger partial charge is 0.439 e. The highest BCUT2D eigenvalue weighted by Gasteiger charge is 2.05. The van der Waals surface area contributed by atoms with Gasteiger partial charge in [-0.1, -0.05) is 78.9 Å². The third kappa shape index (κ3) is 4.36. The van der Waals surface area contributed by atoms with Crippen LogP contribution in [0, 0.1) is 0 Å². The van der Waals surface area contributed by atoms with E-state index in [1.807, 2.05) is 60.8 Å². The summed E-state index contributed by atoms with van der Waals surface area (Å²) in [4.78, 5) is 8.89. The Bertz CT molecular complexity index is 1270. The number of pyridine rings is 2. The highest BCUT2D eigenvalue weighted by atomic mass is 16.5. The molecule has 0 aliphatic rings. The summed E-state index contributed by atoms with van der Waals surface area (Å²) in [5.41, 5.74) is 6.56. The summed E-state index contributed by atoms with van der Waals surface area (Å²) in [7, 11) is 0. The van der Waals surface area contributed by atoms with E-state index in [4.69, 9.17) is 4.74 Å². The van der Waals surface area contributed by atoms with Crippen molar-refractivity contribution in [2.45, 2.75) is 0 Å². The van der Waals surface area contributed by atoms with Gasteiger partial charge in [0.25, 0.3) is 0 Å². The van der Waals surface area contributed by atoms with Crippen LogP contribution in [0.5, 0.6) is 11.6 Å². The number of ether oxygens (including phenoxy) is 1. The predicted molar refractivity (Wildman–Crippen MR) is 125 cm³/mol. The Hall–Kier alpha value is -4.24. The van der Waals surface area contributed by atoms with Gasteiger partial charge in [-0.15, -0.1) is 0 Å². The minimum Gasteiger partial charge on any atom is -0.439 e. The van der Waals surface area contributed by atoms with E-state index in [0.717, 1.165) is 28.1 Å². The van der Waals surface area contributed by atoms with Crippen LogP contribution in [0.1, 0.15) is 0 Å². The normalized spacial score (nSPS) is 10.6. The molecule has 0 N–H and O–H groups in total. The zero-order chi connectivity index (χ0) is 20.9. The Kier molecular flexibility index (Phi) is 5.23. The molecule has 3 heteroatoms. The molecule has 5 aromatic rings. The molecule has 0 fully saturated rings. The Balaban J connectivity index is 1.35. The van der Waals surface area contributed by atoms with Crippen LogP contribution in [0.15, 0.2) is 122 Å². The minimum atomic E-state index is 0.571. The molecule has 31 heavy (non-hydrogen) atoms. The molecule has 0 spiro atoms. The van der Waals surface area contributed by atoms with Crippen LogP contribution in [0.3, 0.4) is 0 Å². The van der Waals surface area contributed by atoms with E-state index in [9.17, 15) is 0 Å². The summed E-state index contributed by atoms with van der Waals surface area (Å²) in [5.74, 6) is 1.31. The van der Waals surface area contributed by atoms with Crippen molar-refractivity contribution in [3.05, 3.63) is 122 Å². The van der Waals surface area contributed by atoms with Gasteiger partial charge in [0.05, 0.1) is 5.69 Å². The van der Waals surface area contributed by atoms with Gasteiger partial charge in [-0.2, -0.15) is 0 Å². The molecule has 2 aromatic heterocycles. The molecule has 0 unspecified atom stereocenters. The molecule has 148 valence electrons. The van der Waals surface area contributed by atoms with Gasteiger partial charge in [0.15, 0.2) is 0 Å². The lowest BCUT2D eigenvalue weighted by molar-refractivity contribution is 0.463. The van der Waals surface area contributed by atoms with Gasteiger partial charge in [0.2, 0.25) is 5.88 Å². The maximum Gasteiger partial charge on any atom is 0.219 e. The fourth-order valence-corrected chi connectivity index (χ4v) is 3.47. The van der Waals surface area contributed by atoms with Crippen molar-refractivity contribution in [2.75, 3.05) is 0 Å². The zero-order valence-corrected chi connectivity index (χ0v) is 16.8. The summed E-state index contributed by atoms with van der Waals surface area (Å²) >= 11 is 0. The lowest BCUT2D eigenvalue weighted by Gasteiger charge is -2.08. The molecule has 0 atom stereocenters. The lowest BCUT2D eigenvalue weighted by atomic mass is 10.0. The Labute approximate surface area is 181 Å².